The van der Waals surface area contributed by atoms with Crippen molar-refractivity contribution in [2.75, 3.05) is 26.2 Å². The van der Waals surface area contributed by atoms with Crippen LogP contribution in [-0.2, 0) is 19.3 Å². The second kappa shape index (κ2) is 5.87. The molecule has 0 aromatic carbocycles. The van der Waals surface area contributed by atoms with Crippen molar-refractivity contribution in [3.05, 3.63) is 11.6 Å². The van der Waals surface area contributed by atoms with E-state index in [9.17, 15) is 13.2 Å². The molecule has 0 radical (unpaired) electrons. The number of alkyl halides is 3. The number of aromatic nitrogens is 3. The highest BCUT2D eigenvalue weighted by molar-refractivity contribution is 5.02. The Hall–Kier alpha value is -1.15. The Morgan fingerprint density at radius 2 is 2.05 bits per heavy atom. The Kier molecular flexibility index (Phi) is 4.41. The van der Waals surface area contributed by atoms with Gasteiger partial charge in [-0.15, -0.1) is 10.2 Å². The summed E-state index contributed by atoms with van der Waals surface area (Å²) in [4.78, 5) is 2.11. The van der Waals surface area contributed by atoms with Crippen molar-refractivity contribution in [1.82, 2.24) is 25.0 Å². The van der Waals surface area contributed by atoms with E-state index in [1.165, 1.54) is 4.57 Å². The van der Waals surface area contributed by atoms with Crippen LogP contribution >= 0.6 is 0 Å². The molecule has 1 aromatic heterocycles. The van der Waals surface area contributed by atoms with Gasteiger partial charge in [-0.2, -0.15) is 13.2 Å². The molecule has 0 fully saturated rings. The van der Waals surface area contributed by atoms with E-state index in [4.69, 9.17) is 0 Å². The van der Waals surface area contributed by atoms with Crippen LogP contribution in [-0.4, -0.2) is 45.8 Å². The van der Waals surface area contributed by atoms with Gasteiger partial charge in [0, 0.05) is 13.1 Å². The van der Waals surface area contributed by atoms with Crippen LogP contribution in [0.2, 0.25) is 0 Å². The fourth-order valence-corrected chi connectivity index (χ4v) is 2.21. The first kappa shape index (κ1) is 14.3. The standard InChI is InChI=1S/C11H18F3N5/c1-2-15-4-3-5-18-6-7-19-9(8-18)16-17-10(19)11(12,13)14/h15H,2-8H2,1H3. The molecule has 0 aliphatic carbocycles. The average molecular weight is 277 g/mol. The highest BCUT2D eigenvalue weighted by Crippen LogP contribution is 2.29. The molecule has 108 valence electrons. The summed E-state index contributed by atoms with van der Waals surface area (Å²) in [5.41, 5.74) is 0. The van der Waals surface area contributed by atoms with Crippen LogP contribution in [0.25, 0.3) is 0 Å². The third kappa shape index (κ3) is 3.44. The maximum Gasteiger partial charge on any atom is 0.451 e. The first-order chi connectivity index (χ1) is 9.02. The predicted molar refractivity (Wildman–Crippen MR) is 63.5 cm³/mol. The molecule has 1 aliphatic rings. The predicted octanol–water partition coefficient (Wildman–Crippen LogP) is 1.11. The van der Waals surface area contributed by atoms with Gasteiger partial charge < -0.3 is 9.88 Å². The lowest BCUT2D eigenvalue weighted by Crippen LogP contribution is -2.36. The molecular weight excluding hydrogens is 259 g/mol. The van der Waals surface area contributed by atoms with Crippen LogP contribution in [0, 0.1) is 0 Å². The number of nitrogens with zero attached hydrogens (tertiary/aromatic N) is 4. The van der Waals surface area contributed by atoms with Crippen LogP contribution in [0.5, 0.6) is 0 Å². The van der Waals surface area contributed by atoms with E-state index in [0.29, 0.717) is 25.5 Å². The zero-order valence-electron chi connectivity index (χ0n) is 10.9. The van der Waals surface area contributed by atoms with Gasteiger partial charge >= 0.3 is 6.18 Å². The minimum Gasteiger partial charge on any atom is -0.317 e. The Balaban J connectivity index is 1.92. The van der Waals surface area contributed by atoms with Gasteiger partial charge in [0.15, 0.2) is 0 Å². The lowest BCUT2D eigenvalue weighted by molar-refractivity contribution is -0.148. The van der Waals surface area contributed by atoms with Crippen molar-refractivity contribution in [2.45, 2.75) is 32.6 Å². The van der Waals surface area contributed by atoms with E-state index in [2.05, 4.69) is 20.4 Å². The van der Waals surface area contributed by atoms with E-state index < -0.39 is 12.0 Å². The topological polar surface area (TPSA) is 46.0 Å². The van der Waals surface area contributed by atoms with Gasteiger partial charge in [0.05, 0.1) is 6.54 Å². The number of halogens is 3. The molecule has 0 atom stereocenters. The van der Waals surface area contributed by atoms with Crippen LogP contribution < -0.4 is 5.32 Å². The van der Waals surface area contributed by atoms with Crippen molar-refractivity contribution in [1.29, 1.82) is 0 Å². The highest BCUT2D eigenvalue weighted by Gasteiger charge is 2.39. The number of rotatable bonds is 5. The van der Waals surface area contributed by atoms with Gasteiger partial charge in [-0.25, -0.2) is 0 Å². The number of hydrogen-bond donors (Lipinski definition) is 1. The van der Waals surface area contributed by atoms with Crippen molar-refractivity contribution in [3.8, 4) is 0 Å². The van der Waals surface area contributed by atoms with Gasteiger partial charge in [-0.3, -0.25) is 4.90 Å². The molecule has 2 rings (SSSR count). The molecule has 0 bridgehead atoms. The van der Waals surface area contributed by atoms with Gasteiger partial charge in [0.25, 0.3) is 0 Å². The zero-order valence-corrected chi connectivity index (χ0v) is 10.9. The van der Waals surface area contributed by atoms with E-state index in [0.717, 1.165) is 26.1 Å². The number of nitrogens with one attached hydrogen (secondary N) is 1. The Bertz CT molecular complexity index is 415. The van der Waals surface area contributed by atoms with Crippen molar-refractivity contribution in [2.24, 2.45) is 0 Å². The van der Waals surface area contributed by atoms with Crippen LogP contribution in [0.1, 0.15) is 25.0 Å². The minimum absolute atomic E-state index is 0.304. The van der Waals surface area contributed by atoms with Crippen LogP contribution in [0.3, 0.4) is 0 Å². The second-order valence-corrected chi connectivity index (χ2v) is 4.57. The summed E-state index contributed by atoms with van der Waals surface area (Å²) < 4.78 is 39.1. The SMILES string of the molecule is CCNCCCN1CCn2c(nnc2C(F)(F)F)C1. The van der Waals surface area contributed by atoms with Crippen molar-refractivity contribution >= 4 is 0 Å². The van der Waals surface area contributed by atoms with E-state index >= 15 is 0 Å². The van der Waals surface area contributed by atoms with Gasteiger partial charge in [0.1, 0.15) is 5.82 Å². The fourth-order valence-electron chi connectivity index (χ4n) is 2.21. The Morgan fingerprint density at radius 3 is 2.74 bits per heavy atom. The van der Waals surface area contributed by atoms with Gasteiger partial charge in [0.2, 0.25) is 5.82 Å². The summed E-state index contributed by atoms with van der Waals surface area (Å²) in [6.45, 7) is 6.12. The monoisotopic (exact) mass is 277 g/mol. The summed E-state index contributed by atoms with van der Waals surface area (Å²) in [7, 11) is 0. The maximum absolute atomic E-state index is 12.6. The average Bonchev–Trinajstić information content (AvgIpc) is 2.77. The maximum atomic E-state index is 12.6. The lowest BCUT2D eigenvalue weighted by atomic mass is 10.3. The molecule has 2 heterocycles. The van der Waals surface area contributed by atoms with E-state index in [1.54, 1.807) is 0 Å². The van der Waals surface area contributed by atoms with Crippen LogP contribution in [0.4, 0.5) is 13.2 Å². The Labute approximate surface area is 109 Å². The molecule has 1 aliphatic heterocycles. The quantitative estimate of drug-likeness (QED) is 0.819. The summed E-state index contributed by atoms with van der Waals surface area (Å²) in [5, 5.41) is 10.1. The number of fused-ring (bicyclic) bond motifs is 1. The van der Waals surface area contributed by atoms with E-state index in [-0.39, 0.29) is 0 Å². The normalized spacial score (nSPS) is 16.6. The molecule has 1 N–H and O–H groups in total. The highest BCUT2D eigenvalue weighted by atomic mass is 19.4. The molecule has 0 saturated heterocycles. The van der Waals surface area contributed by atoms with Crippen LogP contribution in [0.15, 0.2) is 0 Å². The lowest BCUT2D eigenvalue weighted by Gasteiger charge is -2.27. The molecule has 0 spiro atoms. The van der Waals surface area contributed by atoms with Crippen molar-refractivity contribution < 1.29 is 13.2 Å². The first-order valence-corrected chi connectivity index (χ1v) is 6.44. The summed E-state index contributed by atoms with van der Waals surface area (Å²) in [5.74, 6) is -0.475. The summed E-state index contributed by atoms with van der Waals surface area (Å²) >= 11 is 0. The third-order valence-corrected chi connectivity index (χ3v) is 3.16. The molecule has 8 heteroatoms. The first-order valence-electron chi connectivity index (χ1n) is 6.44. The van der Waals surface area contributed by atoms with Crippen molar-refractivity contribution in [3.63, 3.8) is 0 Å². The molecule has 0 unspecified atom stereocenters. The largest absolute Gasteiger partial charge is 0.451 e. The Morgan fingerprint density at radius 1 is 1.26 bits per heavy atom. The molecule has 19 heavy (non-hydrogen) atoms. The van der Waals surface area contributed by atoms with E-state index in [1.807, 2.05) is 6.92 Å². The number of hydrogen-bond acceptors (Lipinski definition) is 4. The minimum atomic E-state index is -4.42. The third-order valence-electron chi connectivity index (χ3n) is 3.16. The molecular formula is C11H18F3N5. The summed E-state index contributed by atoms with van der Waals surface area (Å²) in [6.07, 6.45) is -3.44. The summed E-state index contributed by atoms with van der Waals surface area (Å²) in [6, 6.07) is 0. The second-order valence-electron chi connectivity index (χ2n) is 4.57. The fraction of sp³-hybridized carbons (Fsp3) is 0.818. The van der Waals surface area contributed by atoms with Gasteiger partial charge in [-0.1, -0.05) is 6.92 Å². The molecule has 1 aromatic rings. The molecule has 0 amide bonds. The smallest absolute Gasteiger partial charge is 0.317 e. The zero-order chi connectivity index (χ0) is 13.9. The molecule has 5 nitrogen and oxygen atoms in total. The molecule has 0 saturated carbocycles. The van der Waals surface area contributed by atoms with Gasteiger partial charge in [-0.05, 0) is 26.1 Å².